The summed E-state index contributed by atoms with van der Waals surface area (Å²) in [5.74, 6) is -1.47. The predicted molar refractivity (Wildman–Crippen MR) is 75.0 cm³/mol. The lowest BCUT2D eigenvalue weighted by atomic mass is 9.76. The van der Waals surface area contributed by atoms with Crippen molar-refractivity contribution in [2.75, 3.05) is 14.2 Å². The lowest BCUT2D eigenvalue weighted by molar-refractivity contribution is -0.297. The van der Waals surface area contributed by atoms with Crippen molar-refractivity contribution in [3.8, 4) is 0 Å². The maximum absolute atomic E-state index is 12.0. The summed E-state index contributed by atoms with van der Waals surface area (Å²) in [6.07, 6.45) is 0.413. The molecule has 5 heteroatoms. The molecule has 0 saturated carbocycles. The van der Waals surface area contributed by atoms with Gasteiger partial charge in [0, 0.05) is 19.4 Å². The van der Waals surface area contributed by atoms with Crippen molar-refractivity contribution in [1.82, 2.24) is 0 Å². The van der Waals surface area contributed by atoms with Crippen LogP contribution in [0.1, 0.15) is 40.5 Å². The summed E-state index contributed by atoms with van der Waals surface area (Å²) in [5, 5.41) is 10.1. The maximum atomic E-state index is 12.0. The van der Waals surface area contributed by atoms with Crippen LogP contribution in [0.4, 0.5) is 0 Å². The number of methoxy groups -OCH3 is 2. The number of carbonyl (C=O) groups excluding carboxylic acids is 1. The standard InChI is InChI=1S/C15H28O5/c1-7-12(16)11(4)13-10(3)9(2)8-15(19-6,20-13)14(17)18-5/h9-13,16H,7-8H2,1-6H3/t9-,10+,11+,12+,13?,15-/m0/s1. The highest BCUT2D eigenvalue weighted by molar-refractivity contribution is 5.78. The number of rotatable bonds is 5. The van der Waals surface area contributed by atoms with Crippen LogP contribution >= 0.6 is 0 Å². The SMILES string of the molecule is CC[C@@H](O)[C@@H](C)C1O[C@](OC)(C(=O)OC)C[C@H](C)[C@H]1C. The van der Waals surface area contributed by atoms with Gasteiger partial charge in [-0.1, -0.05) is 27.7 Å². The van der Waals surface area contributed by atoms with Gasteiger partial charge in [0.05, 0.1) is 19.3 Å². The first kappa shape index (κ1) is 17.4. The van der Waals surface area contributed by atoms with Crippen molar-refractivity contribution in [2.45, 2.75) is 58.5 Å². The molecule has 0 aromatic carbocycles. The molecule has 0 bridgehead atoms. The molecule has 5 nitrogen and oxygen atoms in total. The van der Waals surface area contributed by atoms with Crippen molar-refractivity contribution < 1.29 is 24.1 Å². The van der Waals surface area contributed by atoms with E-state index in [0.717, 1.165) is 0 Å². The molecular formula is C15H28O5. The molecular weight excluding hydrogens is 260 g/mol. The first-order chi connectivity index (χ1) is 9.32. The van der Waals surface area contributed by atoms with Gasteiger partial charge in [-0.2, -0.15) is 0 Å². The summed E-state index contributed by atoms with van der Waals surface area (Å²) in [5.41, 5.74) is 0. The van der Waals surface area contributed by atoms with Gasteiger partial charge in [-0.25, -0.2) is 4.79 Å². The van der Waals surface area contributed by atoms with E-state index in [2.05, 4.69) is 13.8 Å². The zero-order chi connectivity index (χ0) is 15.5. The number of hydrogen-bond donors (Lipinski definition) is 1. The third kappa shape index (κ3) is 3.15. The van der Waals surface area contributed by atoms with Crippen LogP contribution in [-0.4, -0.2) is 43.3 Å². The van der Waals surface area contributed by atoms with Crippen LogP contribution in [0.3, 0.4) is 0 Å². The second-order valence-corrected chi connectivity index (χ2v) is 5.91. The van der Waals surface area contributed by atoms with Crippen molar-refractivity contribution >= 4 is 5.97 Å². The molecule has 1 rings (SSSR count). The van der Waals surface area contributed by atoms with Gasteiger partial charge in [-0.05, 0) is 18.3 Å². The van der Waals surface area contributed by atoms with Crippen molar-refractivity contribution in [3.05, 3.63) is 0 Å². The van der Waals surface area contributed by atoms with E-state index in [1.165, 1.54) is 14.2 Å². The Balaban J connectivity index is 3.02. The number of ether oxygens (including phenoxy) is 3. The fourth-order valence-corrected chi connectivity index (χ4v) is 2.99. The van der Waals surface area contributed by atoms with Gasteiger partial charge in [-0.3, -0.25) is 0 Å². The van der Waals surface area contributed by atoms with Gasteiger partial charge in [0.25, 0.3) is 5.79 Å². The van der Waals surface area contributed by atoms with Crippen LogP contribution < -0.4 is 0 Å². The third-order valence-electron chi connectivity index (χ3n) is 4.70. The van der Waals surface area contributed by atoms with Gasteiger partial charge in [-0.15, -0.1) is 0 Å². The predicted octanol–water partition coefficient (Wildman–Crippen LogP) is 1.97. The Labute approximate surface area is 121 Å². The highest BCUT2D eigenvalue weighted by Gasteiger charge is 2.52. The first-order valence-electron chi connectivity index (χ1n) is 7.32. The molecule has 6 atom stereocenters. The topological polar surface area (TPSA) is 65.0 Å². The molecule has 0 aliphatic carbocycles. The maximum Gasteiger partial charge on any atom is 0.366 e. The summed E-state index contributed by atoms with van der Waals surface area (Å²) in [6.45, 7) is 8.04. The Bertz CT molecular complexity index is 332. The molecule has 1 saturated heterocycles. The molecule has 1 fully saturated rings. The number of aliphatic hydroxyl groups excluding tert-OH is 1. The molecule has 0 aromatic rings. The first-order valence-corrected chi connectivity index (χ1v) is 7.32. The van der Waals surface area contributed by atoms with Gasteiger partial charge >= 0.3 is 5.97 Å². The largest absolute Gasteiger partial charge is 0.465 e. The fourth-order valence-electron chi connectivity index (χ4n) is 2.99. The van der Waals surface area contributed by atoms with Crippen LogP contribution in [0.15, 0.2) is 0 Å². The Morgan fingerprint density at radius 2 is 2.05 bits per heavy atom. The Hall–Kier alpha value is -0.650. The monoisotopic (exact) mass is 288 g/mol. The van der Waals surface area contributed by atoms with Crippen LogP contribution in [0.2, 0.25) is 0 Å². The zero-order valence-electron chi connectivity index (χ0n) is 13.4. The molecule has 0 aromatic heterocycles. The Kier molecular flexibility index (Phi) is 5.98. The molecule has 0 amide bonds. The Morgan fingerprint density at radius 1 is 1.45 bits per heavy atom. The highest BCUT2D eigenvalue weighted by Crippen LogP contribution is 2.41. The van der Waals surface area contributed by atoms with Gasteiger partial charge in [0.1, 0.15) is 0 Å². The van der Waals surface area contributed by atoms with Gasteiger partial charge in [0.2, 0.25) is 0 Å². The lowest BCUT2D eigenvalue weighted by Gasteiger charge is -2.47. The second kappa shape index (κ2) is 6.87. The highest BCUT2D eigenvalue weighted by atomic mass is 16.7. The van der Waals surface area contributed by atoms with Crippen LogP contribution in [-0.2, 0) is 19.0 Å². The van der Waals surface area contributed by atoms with Crippen LogP contribution in [0.25, 0.3) is 0 Å². The second-order valence-electron chi connectivity index (χ2n) is 5.91. The molecule has 1 aliphatic heterocycles. The van der Waals surface area contributed by atoms with Crippen LogP contribution in [0, 0.1) is 17.8 Å². The quantitative estimate of drug-likeness (QED) is 0.784. The van der Waals surface area contributed by atoms with Gasteiger partial charge < -0.3 is 19.3 Å². The number of aliphatic hydroxyl groups is 1. The molecule has 0 radical (unpaired) electrons. The average molecular weight is 288 g/mol. The minimum absolute atomic E-state index is 0.0723. The number of carbonyl (C=O) groups is 1. The summed E-state index contributed by atoms with van der Waals surface area (Å²) in [7, 11) is 2.78. The minimum atomic E-state index is -1.35. The number of hydrogen-bond acceptors (Lipinski definition) is 5. The molecule has 1 heterocycles. The molecule has 0 spiro atoms. The lowest BCUT2D eigenvalue weighted by Crippen LogP contribution is -2.57. The van der Waals surface area contributed by atoms with Crippen LogP contribution in [0.5, 0.6) is 0 Å². The van der Waals surface area contributed by atoms with E-state index < -0.39 is 17.9 Å². The summed E-state index contributed by atoms with van der Waals surface area (Å²) >= 11 is 0. The van der Waals surface area contributed by atoms with Crippen molar-refractivity contribution in [1.29, 1.82) is 0 Å². The minimum Gasteiger partial charge on any atom is -0.465 e. The zero-order valence-corrected chi connectivity index (χ0v) is 13.4. The van der Waals surface area contributed by atoms with Crippen molar-refractivity contribution in [2.24, 2.45) is 17.8 Å². The molecule has 1 unspecified atom stereocenters. The Morgan fingerprint density at radius 3 is 2.50 bits per heavy atom. The van der Waals surface area contributed by atoms with E-state index in [4.69, 9.17) is 14.2 Å². The summed E-state index contributed by atoms with van der Waals surface area (Å²) < 4.78 is 16.2. The fraction of sp³-hybridized carbons (Fsp3) is 0.933. The molecule has 1 N–H and O–H groups in total. The van der Waals surface area contributed by atoms with E-state index in [1.54, 1.807) is 0 Å². The molecule has 20 heavy (non-hydrogen) atoms. The number of esters is 1. The van der Waals surface area contributed by atoms with Crippen molar-refractivity contribution in [3.63, 3.8) is 0 Å². The molecule has 1 aliphatic rings. The van der Waals surface area contributed by atoms with Gasteiger partial charge in [0.15, 0.2) is 0 Å². The van der Waals surface area contributed by atoms with E-state index in [1.807, 2.05) is 13.8 Å². The third-order valence-corrected chi connectivity index (χ3v) is 4.70. The smallest absolute Gasteiger partial charge is 0.366 e. The van der Waals surface area contributed by atoms with E-state index in [-0.39, 0.29) is 23.9 Å². The van der Waals surface area contributed by atoms with E-state index in [9.17, 15) is 9.90 Å². The average Bonchev–Trinajstić information content (AvgIpc) is 2.47. The summed E-state index contributed by atoms with van der Waals surface area (Å²) in [4.78, 5) is 12.0. The molecule has 118 valence electrons. The summed E-state index contributed by atoms with van der Waals surface area (Å²) in [6, 6.07) is 0. The van der Waals surface area contributed by atoms with E-state index in [0.29, 0.717) is 12.8 Å². The normalized spacial score (nSPS) is 37.2. The van der Waals surface area contributed by atoms with E-state index >= 15 is 0 Å².